The molecule has 2 aromatic heterocycles. The Hall–Kier alpha value is -2.11. The Labute approximate surface area is 123 Å². The molecule has 2 heterocycles. The van der Waals surface area contributed by atoms with Crippen molar-refractivity contribution in [2.24, 2.45) is 18.4 Å². The number of hydrogen-bond acceptors (Lipinski definition) is 4. The predicted octanol–water partition coefficient (Wildman–Crippen LogP) is 2.43. The topological polar surface area (TPSA) is 80.0 Å². The fraction of sp³-hybridized carbons (Fsp3) is 0.533. The maximum atomic E-state index is 11.5. The van der Waals surface area contributed by atoms with E-state index in [1.54, 1.807) is 4.68 Å². The highest BCUT2D eigenvalue weighted by atomic mass is 16.4. The van der Waals surface area contributed by atoms with E-state index in [0.717, 1.165) is 17.6 Å². The minimum Gasteiger partial charge on any atom is -0.478 e. The van der Waals surface area contributed by atoms with Crippen LogP contribution in [0, 0.1) is 18.3 Å². The van der Waals surface area contributed by atoms with Crippen LogP contribution in [-0.4, -0.2) is 32.4 Å². The van der Waals surface area contributed by atoms with Crippen LogP contribution in [0.5, 0.6) is 0 Å². The standard InChI is InChI=1S/C15H20N4O2/c1-8-11-12(16-6-9-5-15(9,2)3)10(14(20)21)7-17-13(11)19(4)18-8/h7,9H,5-6H2,1-4H3,(H,16,17)(H,20,21). The number of nitrogens with one attached hydrogen (secondary N) is 1. The summed E-state index contributed by atoms with van der Waals surface area (Å²) in [6, 6.07) is 0. The van der Waals surface area contributed by atoms with E-state index in [4.69, 9.17) is 0 Å². The summed E-state index contributed by atoms with van der Waals surface area (Å²) in [4.78, 5) is 15.7. The molecular weight excluding hydrogens is 268 g/mol. The summed E-state index contributed by atoms with van der Waals surface area (Å²) in [7, 11) is 1.82. The fourth-order valence-electron chi connectivity index (χ4n) is 2.91. The van der Waals surface area contributed by atoms with Gasteiger partial charge in [-0.25, -0.2) is 9.78 Å². The number of carboxylic acid groups (broad SMARTS) is 1. The predicted molar refractivity (Wildman–Crippen MR) is 80.6 cm³/mol. The van der Waals surface area contributed by atoms with E-state index in [1.165, 1.54) is 12.6 Å². The second-order valence-corrected chi connectivity index (χ2v) is 6.53. The van der Waals surface area contributed by atoms with E-state index in [0.29, 0.717) is 22.7 Å². The molecule has 6 nitrogen and oxygen atoms in total. The molecule has 0 aromatic carbocycles. The maximum absolute atomic E-state index is 11.5. The molecule has 0 saturated heterocycles. The summed E-state index contributed by atoms with van der Waals surface area (Å²) in [5, 5.41) is 17.9. The van der Waals surface area contributed by atoms with Crippen LogP contribution in [0.25, 0.3) is 11.0 Å². The monoisotopic (exact) mass is 288 g/mol. The zero-order valence-corrected chi connectivity index (χ0v) is 12.8. The number of carboxylic acids is 1. The van der Waals surface area contributed by atoms with Crippen molar-refractivity contribution in [3.05, 3.63) is 17.5 Å². The van der Waals surface area contributed by atoms with Crippen LogP contribution in [0.3, 0.4) is 0 Å². The minimum absolute atomic E-state index is 0.206. The Morgan fingerprint density at radius 2 is 2.24 bits per heavy atom. The molecule has 0 amide bonds. The third-order valence-electron chi connectivity index (χ3n) is 4.50. The average Bonchev–Trinajstić information content (AvgIpc) is 2.90. The Kier molecular flexibility index (Phi) is 2.93. The average molecular weight is 288 g/mol. The molecule has 1 aliphatic carbocycles. The molecule has 0 aliphatic heterocycles. The van der Waals surface area contributed by atoms with Gasteiger partial charge in [-0.3, -0.25) is 4.68 Å². The van der Waals surface area contributed by atoms with Gasteiger partial charge >= 0.3 is 5.97 Å². The van der Waals surface area contributed by atoms with E-state index >= 15 is 0 Å². The smallest absolute Gasteiger partial charge is 0.339 e. The first kappa shape index (κ1) is 13.9. The highest BCUT2D eigenvalue weighted by Gasteiger charge is 2.45. The van der Waals surface area contributed by atoms with Crippen molar-refractivity contribution in [3.8, 4) is 0 Å². The van der Waals surface area contributed by atoms with Gasteiger partial charge in [-0.2, -0.15) is 5.10 Å². The Balaban J connectivity index is 2.04. The lowest BCUT2D eigenvalue weighted by atomic mass is 10.1. The van der Waals surface area contributed by atoms with E-state index in [1.807, 2.05) is 14.0 Å². The molecule has 3 rings (SSSR count). The highest BCUT2D eigenvalue weighted by Crippen LogP contribution is 2.51. The van der Waals surface area contributed by atoms with Crippen molar-refractivity contribution in [1.82, 2.24) is 14.8 Å². The maximum Gasteiger partial charge on any atom is 0.339 e. The number of nitrogens with zero attached hydrogens (tertiary/aromatic N) is 3. The zero-order chi connectivity index (χ0) is 15.4. The summed E-state index contributed by atoms with van der Waals surface area (Å²) in [5.74, 6) is -0.385. The lowest BCUT2D eigenvalue weighted by molar-refractivity contribution is 0.0697. The molecule has 1 aliphatic rings. The lowest BCUT2D eigenvalue weighted by Crippen LogP contribution is -2.12. The Morgan fingerprint density at radius 1 is 1.57 bits per heavy atom. The first-order chi connectivity index (χ1) is 9.81. The van der Waals surface area contributed by atoms with Crippen LogP contribution in [0.1, 0.15) is 36.3 Å². The van der Waals surface area contributed by atoms with Crippen LogP contribution in [0.2, 0.25) is 0 Å². The number of aromatic carboxylic acids is 1. The third-order valence-corrected chi connectivity index (χ3v) is 4.50. The first-order valence-corrected chi connectivity index (χ1v) is 7.10. The molecule has 0 bridgehead atoms. The third kappa shape index (κ3) is 2.24. The molecule has 112 valence electrons. The van der Waals surface area contributed by atoms with Crippen LogP contribution < -0.4 is 5.32 Å². The van der Waals surface area contributed by atoms with Crippen LogP contribution >= 0.6 is 0 Å². The summed E-state index contributed by atoms with van der Waals surface area (Å²) < 4.78 is 1.68. The molecule has 0 spiro atoms. The van der Waals surface area contributed by atoms with E-state index in [2.05, 4.69) is 29.2 Å². The molecule has 1 fully saturated rings. The van der Waals surface area contributed by atoms with Crippen molar-refractivity contribution in [1.29, 1.82) is 0 Å². The summed E-state index contributed by atoms with van der Waals surface area (Å²) >= 11 is 0. The van der Waals surface area contributed by atoms with Crippen LogP contribution in [0.15, 0.2) is 6.20 Å². The molecule has 2 N–H and O–H groups in total. The van der Waals surface area contributed by atoms with Crippen LogP contribution in [0.4, 0.5) is 5.69 Å². The molecule has 21 heavy (non-hydrogen) atoms. The molecule has 0 radical (unpaired) electrons. The van der Waals surface area contributed by atoms with Gasteiger partial charge in [-0.1, -0.05) is 13.8 Å². The SMILES string of the molecule is Cc1nn(C)c2ncc(C(=O)O)c(NCC3CC3(C)C)c12. The second kappa shape index (κ2) is 4.44. The number of pyridine rings is 1. The lowest BCUT2D eigenvalue weighted by Gasteiger charge is -2.12. The van der Waals surface area contributed by atoms with Gasteiger partial charge in [0.15, 0.2) is 5.65 Å². The molecule has 2 aromatic rings. The molecular formula is C15H20N4O2. The zero-order valence-electron chi connectivity index (χ0n) is 12.8. The van der Waals surface area contributed by atoms with Crippen LogP contribution in [-0.2, 0) is 7.05 Å². The van der Waals surface area contributed by atoms with Gasteiger partial charge in [0, 0.05) is 19.8 Å². The number of anilines is 1. The normalized spacial score (nSPS) is 19.7. The largest absolute Gasteiger partial charge is 0.478 e. The van der Waals surface area contributed by atoms with Gasteiger partial charge in [0.05, 0.1) is 16.8 Å². The van der Waals surface area contributed by atoms with Gasteiger partial charge in [0.25, 0.3) is 0 Å². The number of aromatic nitrogens is 3. The van der Waals surface area contributed by atoms with Crippen molar-refractivity contribution < 1.29 is 9.90 Å². The van der Waals surface area contributed by atoms with Crippen molar-refractivity contribution in [3.63, 3.8) is 0 Å². The highest BCUT2D eigenvalue weighted by molar-refractivity contribution is 6.04. The Bertz CT molecular complexity index is 733. The van der Waals surface area contributed by atoms with Gasteiger partial charge in [-0.05, 0) is 24.7 Å². The van der Waals surface area contributed by atoms with Crippen molar-refractivity contribution in [2.75, 3.05) is 11.9 Å². The van der Waals surface area contributed by atoms with Gasteiger partial charge < -0.3 is 10.4 Å². The molecule has 1 atom stereocenters. The number of fused-ring (bicyclic) bond motifs is 1. The van der Waals surface area contributed by atoms with Gasteiger partial charge in [0.1, 0.15) is 5.56 Å². The van der Waals surface area contributed by atoms with Crippen molar-refractivity contribution in [2.45, 2.75) is 27.2 Å². The number of carbonyl (C=O) groups is 1. The quantitative estimate of drug-likeness (QED) is 0.903. The number of rotatable bonds is 4. The van der Waals surface area contributed by atoms with Gasteiger partial charge in [-0.15, -0.1) is 0 Å². The summed E-state index contributed by atoms with van der Waals surface area (Å²) in [6.07, 6.45) is 2.58. The molecule has 1 saturated carbocycles. The van der Waals surface area contributed by atoms with E-state index < -0.39 is 5.97 Å². The first-order valence-electron chi connectivity index (χ1n) is 7.10. The number of aryl methyl sites for hydroxylation is 2. The minimum atomic E-state index is -0.967. The summed E-state index contributed by atoms with van der Waals surface area (Å²) in [5.41, 5.74) is 2.69. The van der Waals surface area contributed by atoms with Crippen molar-refractivity contribution >= 4 is 22.7 Å². The van der Waals surface area contributed by atoms with E-state index in [-0.39, 0.29) is 5.56 Å². The Morgan fingerprint density at radius 3 is 2.81 bits per heavy atom. The van der Waals surface area contributed by atoms with Gasteiger partial charge in [0.2, 0.25) is 0 Å². The molecule has 1 unspecified atom stereocenters. The van der Waals surface area contributed by atoms with E-state index in [9.17, 15) is 9.90 Å². The second-order valence-electron chi connectivity index (χ2n) is 6.53. The summed E-state index contributed by atoms with van der Waals surface area (Å²) in [6.45, 7) is 7.12. The fourth-order valence-corrected chi connectivity index (χ4v) is 2.91. The molecule has 6 heteroatoms. The number of hydrogen-bond donors (Lipinski definition) is 2.